The minimum atomic E-state index is 0.427. The van der Waals surface area contributed by atoms with Crippen molar-refractivity contribution in [1.29, 1.82) is 0 Å². The van der Waals surface area contributed by atoms with Gasteiger partial charge in [0.2, 0.25) is 5.89 Å². The van der Waals surface area contributed by atoms with E-state index < -0.39 is 0 Å². The van der Waals surface area contributed by atoms with E-state index in [1.54, 1.807) is 19.2 Å². The summed E-state index contributed by atoms with van der Waals surface area (Å²) in [6, 6.07) is 1.77. The molecule has 3 N–H and O–H groups in total. The van der Waals surface area contributed by atoms with Crippen LogP contribution in [-0.4, -0.2) is 15.1 Å². The van der Waals surface area contributed by atoms with Gasteiger partial charge in [0, 0.05) is 0 Å². The van der Waals surface area contributed by atoms with E-state index >= 15 is 0 Å². The van der Waals surface area contributed by atoms with Gasteiger partial charge in [-0.3, -0.25) is 0 Å². The van der Waals surface area contributed by atoms with E-state index in [2.05, 4.69) is 36.4 Å². The van der Waals surface area contributed by atoms with Gasteiger partial charge in [-0.1, -0.05) is 5.16 Å². The molecule has 2 aromatic rings. The predicted octanol–water partition coefficient (Wildman–Crippen LogP) is 1.73. The first-order valence-electron chi connectivity index (χ1n) is 4.59. The molecule has 84 valence electrons. The Kier molecular flexibility index (Phi) is 3.04. The molecule has 2 rings (SSSR count). The number of pyridine rings is 1. The summed E-state index contributed by atoms with van der Waals surface area (Å²) in [4.78, 5) is 8.19. The highest BCUT2D eigenvalue weighted by atomic mass is 79.9. The first-order valence-corrected chi connectivity index (χ1v) is 5.38. The van der Waals surface area contributed by atoms with Crippen LogP contribution in [-0.2, 0) is 6.54 Å². The van der Waals surface area contributed by atoms with Crippen molar-refractivity contribution >= 4 is 27.4 Å². The van der Waals surface area contributed by atoms with Crippen molar-refractivity contribution in [3.05, 3.63) is 28.5 Å². The average molecular weight is 284 g/mol. The number of nitrogens with zero attached hydrogens (tertiary/aromatic N) is 3. The molecule has 0 saturated heterocycles. The average Bonchev–Trinajstić information content (AvgIpc) is 2.63. The summed E-state index contributed by atoms with van der Waals surface area (Å²) in [7, 11) is 0. The maximum Gasteiger partial charge on any atom is 0.245 e. The van der Waals surface area contributed by atoms with Gasteiger partial charge >= 0.3 is 0 Å². The highest BCUT2D eigenvalue weighted by molar-refractivity contribution is 9.10. The van der Waals surface area contributed by atoms with E-state index in [4.69, 9.17) is 10.3 Å². The third kappa shape index (κ3) is 2.48. The zero-order chi connectivity index (χ0) is 11.5. The number of rotatable bonds is 3. The first-order chi connectivity index (χ1) is 7.65. The molecular weight excluding hydrogens is 274 g/mol. The van der Waals surface area contributed by atoms with Crippen molar-refractivity contribution < 1.29 is 4.52 Å². The van der Waals surface area contributed by atoms with Gasteiger partial charge in [0.15, 0.2) is 5.82 Å². The van der Waals surface area contributed by atoms with Crippen LogP contribution in [0.1, 0.15) is 11.7 Å². The lowest BCUT2D eigenvalue weighted by Crippen LogP contribution is -2.03. The van der Waals surface area contributed by atoms with Gasteiger partial charge in [-0.05, 0) is 28.9 Å². The van der Waals surface area contributed by atoms with E-state index in [-0.39, 0.29) is 0 Å². The summed E-state index contributed by atoms with van der Waals surface area (Å²) in [5.41, 5.74) is 6.18. The van der Waals surface area contributed by atoms with Crippen LogP contribution in [0.3, 0.4) is 0 Å². The van der Waals surface area contributed by atoms with Crippen LogP contribution < -0.4 is 11.1 Å². The number of nitrogens with two attached hydrogens (primary N) is 1. The van der Waals surface area contributed by atoms with E-state index in [0.717, 1.165) is 4.47 Å². The summed E-state index contributed by atoms with van der Waals surface area (Å²) in [6.45, 7) is 2.20. The Hall–Kier alpha value is -1.63. The van der Waals surface area contributed by atoms with E-state index in [1.807, 2.05) is 0 Å². The lowest BCUT2D eigenvalue weighted by Gasteiger charge is -2.05. The molecule has 0 unspecified atom stereocenters. The first kappa shape index (κ1) is 10.9. The van der Waals surface area contributed by atoms with Crippen molar-refractivity contribution in [3.63, 3.8) is 0 Å². The van der Waals surface area contributed by atoms with E-state index in [1.165, 1.54) is 0 Å². The molecule has 7 heteroatoms. The molecule has 0 aromatic carbocycles. The monoisotopic (exact) mass is 283 g/mol. The Bertz CT molecular complexity index is 498. The minimum absolute atomic E-state index is 0.427. The van der Waals surface area contributed by atoms with Gasteiger partial charge < -0.3 is 15.6 Å². The molecule has 0 amide bonds. The molecule has 0 aliphatic heterocycles. The summed E-state index contributed by atoms with van der Waals surface area (Å²) >= 11 is 3.35. The van der Waals surface area contributed by atoms with Crippen molar-refractivity contribution in [1.82, 2.24) is 15.1 Å². The molecule has 0 fully saturated rings. The van der Waals surface area contributed by atoms with Gasteiger partial charge in [0.25, 0.3) is 0 Å². The molecule has 0 aliphatic rings. The van der Waals surface area contributed by atoms with Crippen molar-refractivity contribution in [2.75, 3.05) is 11.1 Å². The Morgan fingerprint density at radius 3 is 3.00 bits per heavy atom. The Morgan fingerprint density at radius 1 is 1.56 bits per heavy atom. The Balaban J connectivity index is 2.04. The SMILES string of the molecule is Cc1noc(CNc2ncc(N)cc2Br)n1. The number of aromatic nitrogens is 3. The summed E-state index contributed by atoms with van der Waals surface area (Å²) in [5.74, 6) is 1.81. The normalized spacial score (nSPS) is 10.4. The Labute approximate surface area is 100 Å². The smallest absolute Gasteiger partial charge is 0.245 e. The topological polar surface area (TPSA) is 89.9 Å². The maximum atomic E-state index is 5.58. The zero-order valence-electron chi connectivity index (χ0n) is 8.57. The standard InChI is InChI=1S/C9H10BrN5O/c1-5-14-8(16-15-5)4-13-9-7(10)2-6(11)3-12-9/h2-3H,4,11H2,1H3,(H,12,13). The molecule has 0 aliphatic carbocycles. The number of hydrogen-bond acceptors (Lipinski definition) is 6. The fraction of sp³-hybridized carbons (Fsp3) is 0.222. The molecule has 6 nitrogen and oxygen atoms in total. The zero-order valence-corrected chi connectivity index (χ0v) is 10.2. The molecule has 0 saturated carbocycles. The molecular formula is C9H10BrN5O. The van der Waals surface area contributed by atoms with Gasteiger partial charge in [-0.2, -0.15) is 4.98 Å². The highest BCUT2D eigenvalue weighted by Gasteiger charge is 2.05. The van der Waals surface area contributed by atoms with Crippen LogP contribution in [0, 0.1) is 6.92 Å². The third-order valence-corrected chi connectivity index (χ3v) is 2.44. The van der Waals surface area contributed by atoms with Gasteiger partial charge in [0.05, 0.1) is 22.9 Å². The molecule has 0 radical (unpaired) electrons. The summed E-state index contributed by atoms with van der Waals surface area (Å²) in [5, 5.41) is 6.75. The fourth-order valence-electron chi connectivity index (χ4n) is 1.15. The largest absolute Gasteiger partial charge is 0.397 e. The van der Waals surface area contributed by atoms with Gasteiger partial charge in [-0.25, -0.2) is 4.98 Å². The van der Waals surface area contributed by atoms with Crippen LogP contribution in [0.4, 0.5) is 11.5 Å². The fourth-order valence-corrected chi connectivity index (χ4v) is 1.66. The molecule has 0 spiro atoms. The second-order valence-corrected chi connectivity index (χ2v) is 4.04. The van der Waals surface area contributed by atoms with Crippen LogP contribution in [0.5, 0.6) is 0 Å². The van der Waals surface area contributed by atoms with Gasteiger partial charge in [-0.15, -0.1) is 0 Å². The van der Waals surface area contributed by atoms with Crippen LogP contribution in [0.15, 0.2) is 21.3 Å². The predicted molar refractivity (Wildman–Crippen MR) is 62.7 cm³/mol. The van der Waals surface area contributed by atoms with Crippen molar-refractivity contribution in [2.24, 2.45) is 0 Å². The molecule has 16 heavy (non-hydrogen) atoms. The van der Waals surface area contributed by atoms with E-state index in [9.17, 15) is 0 Å². The number of nitrogens with one attached hydrogen (secondary N) is 1. The number of aryl methyl sites for hydroxylation is 1. The maximum absolute atomic E-state index is 5.58. The number of hydrogen-bond donors (Lipinski definition) is 2. The number of halogens is 1. The summed E-state index contributed by atoms with van der Waals surface area (Å²) < 4.78 is 5.75. The molecule has 2 aromatic heterocycles. The Morgan fingerprint density at radius 2 is 2.38 bits per heavy atom. The highest BCUT2D eigenvalue weighted by Crippen LogP contribution is 2.21. The van der Waals surface area contributed by atoms with Crippen LogP contribution >= 0.6 is 15.9 Å². The van der Waals surface area contributed by atoms with Crippen molar-refractivity contribution in [2.45, 2.75) is 13.5 Å². The third-order valence-electron chi connectivity index (χ3n) is 1.84. The minimum Gasteiger partial charge on any atom is -0.397 e. The molecule has 0 bridgehead atoms. The second kappa shape index (κ2) is 4.48. The number of nitrogen functional groups attached to an aromatic ring is 1. The molecule has 2 heterocycles. The second-order valence-electron chi connectivity index (χ2n) is 3.19. The number of anilines is 2. The molecule has 0 atom stereocenters. The van der Waals surface area contributed by atoms with Gasteiger partial charge in [0.1, 0.15) is 5.82 Å². The summed E-state index contributed by atoms with van der Waals surface area (Å²) in [6.07, 6.45) is 1.58. The van der Waals surface area contributed by atoms with E-state index in [0.29, 0.717) is 29.8 Å². The van der Waals surface area contributed by atoms with Crippen LogP contribution in [0.25, 0.3) is 0 Å². The van der Waals surface area contributed by atoms with Crippen LogP contribution in [0.2, 0.25) is 0 Å². The lowest BCUT2D eigenvalue weighted by molar-refractivity contribution is 0.379. The quantitative estimate of drug-likeness (QED) is 0.892. The lowest BCUT2D eigenvalue weighted by atomic mass is 10.4. The van der Waals surface area contributed by atoms with Crippen molar-refractivity contribution in [3.8, 4) is 0 Å².